The van der Waals surface area contributed by atoms with E-state index in [2.05, 4.69) is 0 Å². The van der Waals surface area contributed by atoms with Crippen LogP contribution in [0.5, 0.6) is 0 Å². The van der Waals surface area contributed by atoms with E-state index in [0.717, 1.165) is 0 Å². The van der Waals surface area contributed by atoms with Gasteiger partial charge in [0.1, 0.15) is 0 Å². The van der Waals surface area contributed by atoms with Gasteiger partial charge >= 0.3 is 11.9 Å². The van der Waals surface area contributed by atoms with E-state index in [1.165, 1.54) is 0 Å². The quantitative estimate of drug-likeness (QED) is 0.527. The Labute approximate surface area is 88.2 Å². The molecule has 0 radical (unpaired) electrons. The van der Waals surface area contributed by atoms with Gasteiger partial charge in [0.15, 0.2) is 0 Å². The Morgan fingerprint density at radius 2 is 1.93 bits per heavy atom. The van der Waals surface area contributed by atoms with Gasteiger partial charge in [0.25, 0.3) is 0 Å². The number of halogens is 1. The van der Waals surface area contributed by atoms with Crippen LogP contribution in [0.4, 0.5) is 0 Å². The van der Waals surface area contributed by atoms with Gasteiger partial charge in [-0.15, -0.1) is 11.6 Å². The first-order valence-corrected chi connectivity index (χ1v) is 5.01. The van der Waals surface area contributed by atoms with E-state index in [9.17, 15) is 9.59 Å². The van der Waals surface area contributed by atoms with Crippen LogP contribution >= 0.6 is 11.6 Å². The summed E-state index contributed by atoms with van der Waals surface area (Å²) in [5.41, 5.74) is 0. The molecule has 0 bridgehead atoms. The lowest BCUT2D eigenvalue weighted by Gasteiger charge is -2.06. The first-order chi connectivity index (χ1) is 6.56. The van der Waals surface area contributed by atoms with Crippen molar-refractivity contribution in [3.63, 3.8) is 0 Å². The summed E-state index contributed by atoms with van der Waals surface area (Å²) in [5, 5.41) is 8.11. The SMILES string of the molecule is CCOC(=O)CCC(Cl)CCC(=O)O. The van der Waals surface area contributed by atoms with Gasteiger partial charge in [-0.2, -0.15) is 0 Å². The highest BCUT2D eigenvalue weighted by Crippen LogP contribution is 2.12. The first-order valence-electron chi connectivity index (χ1n) is 4.57. The lowest BCUT2D eigenvalue weighted by atomic mass is 10.1. The number of ether oxygens (including phenoxy) is 1. The Morgan fingerprint density at radius 1 is 1.36 bits per heavy atom. The van der Waals surface area contributed by atoms with Crippen LogP contribution in [0.3, 0.4) is 0 Å². The summed E-state index contributed by atoms with van der Waals surface area (Å²) in [6, 6.07) is 0. The van der Waals surface area contributed by atoms with E-state index in [-0.39, 0.29) is 24.2 Å². The van der Waals surface area contributed by atoms with Crippen LogP contribution in [0.15, 0.2) is 0 Å². The Kier molecular flexibility index (Phi) is 7.20. The van der Waals surface area contributed by atoms with Crippen molar-refractivity contribution in [2.75, 3.05) is 6.61 Å². The van der Waals surface area contributed by atoms with Gasteiger partial charge in [0.2, 0.25) is 0 Å². The van der Waals surface area contributed by atoms with Crippen LogP contribution in [-0.4, -0.2) is 29.0 Å². The lowest BCUT2D eigenvalue weighted by Crippen LogP contribution is -2.09. The van der Waals surface area contributed by atoms with Gasteiger partial charge in [-0.25, -0.2) is 0 Å². The van der Waals surface area contributed by atoms with Crippen LogP contribution in [0.2, 0.25) is 0 Å². The standard InChI is InChI=1S/C9H15ClO4/c1-2-14-9(13)6-4-7(10)3-5-8(11)12/h7H,2-6H2,1H3,(H,11,12). The molecule has 0 fully saturated rings. The zero-order chi connectivity index (χ0) is 11.0. The molecule has 82 valence electrons. The highest BCUT2D eigenvalue weighted by atomic mass is 35.5. The predicted octanol–water partition coefficient (Wildman–Crippen LogP) is 1.80. The zero-order valence-electron chi connectivity index (χ0n) is 8.16. The fourth-order valence-electron chi connectivity index (χ4n) is 0.932. The fourth-order valence-corrected chi connectivity index (χ4v) is 1.15. The predicted molar refractivity (Wildman–Crippen MR) is 52.4 cm³/mol. The van der Waals surface area contributed by atoms with Crippen LogP contribution in [0.1, 0.15) is 32.6 Å². The monoisotopic (exact) mass is 222 g/mol. The molecule has 0 aliphatic carbocycles. The van der Waals surface area contributed by atoms with E-state index >= 15 is 0 Å². The number of carbonyl (C=O) groups excluding carboxylic acids is 1. The maximum absolute atomic E-state index is 10.9. The van der Waals surface area contributed by atoms with Gasteiger partial charge < -0.3 is 9.84 Å². The van der Waals surface area contributed by atoms with Crippen molar-refractivity contribution in [3.8, 4) is 0 Å². The highest BCUT2D eigenvalue weighted by Gasteiger charge is 2.10. The van der Waals surface area contributed by atoms with Gasteiger partial charge in [0, 0.05) is 18.2 Å². The van der Waals surface area contributed by atoms with E-state index < -0.39 is 5.97 Å². The van der Waals surface area contributed by atoms with Crippen molar-refractivity contribution in [1.82, 2.24) is 0 Å². The van der Waals surface area contributed by atoms with Crippen molar-refractivity contribution in [2.45, 2.75) is 38.0 Å². The van der Waals surface area contributed by atoms with Crippen LogP contribution in [0.25, 0.3) is 0 Å². The Hall–Kier alpha value is -0.770. The van der Waals surface area contributed by atoms with Crippen molar-refractivity contribution >= 4 is 23.5 Å². The van der Waals surface area contributed by atoms with Crippen LogP contribution < -0.4 is 0 Å². The smallest absolute Gasteiger partial charge is 0.305 e. The molecule has 0 aromatic heterocycles. The van der Waals surface area contributed by atoms with E-state index in [1.807, 2.05) is 0 Å². The molecule has 0 rings (SSSR count). The maximum atomic E-state index is 10.9. The molecule has 0 aliphatic rings. The molecule has 0 heterocycles. The minimum absolute atomic E-state index is 0.0387. The second kappa shape index (κ2) is 7.62. The highest BCUT2D eigenvalue weighted by molar-refractivity contribution is 6.20. The molecule has 4 nitrogen and oxygen atoms in total. The van der Waals surface area contributed by atoms with Gasteiger partial charge in [-0.3, -0.25) is 9.59 Å². The van der Waals surface area contributed by atoms with Gasteiger partial charge in [0.05, 0.1) is 6.61 Å². The number of hydrogen-bond acceptors (Lipinski definition) is 3. The van der Waals surface area contributed by atoms with Crippen molar-refractivity contribution in [1.29, 1.82) is 0 Å². The average Bonchev–Trinajstić information content (AvgIpc) is 2.12. The maximum Gasteiger partial charge on any atom is 0.305 e. The number of carboxylic acids is 1. The molecule has 1 unspecified atom stereocenters. The minimum Gasteiger partial charge on any atom is -0.481 e. The molecule has 14 heavy (non-hydrogen) atoms. The average molecular weight is 223 g/mol. The van der Waals surface area contributed by atoms with Gasteiger partial charge in [-0.1, -0.05) is 0 Å². The molecule has 1 atom stereocenters. The summed E-state index contributed by atoms with van der Waals surface area (Å²) in [6.45, 7) is 2.10. The number of alkyl halides is 1. The zero-order valence-corrected chi connectivity index (χ0v) is 8.92. The Balaban J connectivity index is 3.48. The Morgan fingerprint density at radius 3 is 2.43 bits per heavy atom. The molecule has 5 heteroatoms. The van der Waals surface area contributed by atoms with Crippen molar-refractivity contribution in [3.05, 3.63) is 0 Å². The molecule has 0 saturated heterocycles. The number of aliphatic carboxylic acids is 1. The second-order valence-electron chi connectivity index (χ2n) is 2.87. The third kappa shape index (κ3) is 7.86. The molecule has 1 N–H and O–H groups in total. The number of esters is 1. The number of rotatable bonds is 7. The first kappa shape index (κ1) is 13.2. The van der Waals surface area contributed by atoms with Crippen LogP contribution in [-0.2, 0) is 14.3 Å². The third-order valence-electron chi connectivity index (χ3n) is 1.64. The summed E-state index contributed by atoms with van der Waals surface area (Å²) in [4.78, 5) is 21.1. The number of carboxylic acid groups (broad SMARTS) is 1. The molecule has 0 aromatic rings. The third-order valence-corrected chi connectivity index (χ3v) is 2.07. The lowest BCUT2D eigenvalue weighted by molar-refractivity contribution is -0.143. The molecular weight excluding hydrogens is 208 g/mol. The molecular formula is C9H15ClO4. The van der Waals surface area contributed by atoms with E-state index in [4.69, 9.17) is 21.4 Å². The summed E-state index contributed by atoms with van der Waals surface area (Å²) >= 11 is 5.80. The second-order valence-corrected chi connectivity index (χ2v) is 3.49. The molecule has 0 aromatic carbocycles. The van der Waals surface area contributed by atoms with Gasteiger partial charge in [-0.05, 0) is 19.8 Å². The van der Waals surface area contributed by atoms with Crippen molar-refractivity contribution in [2.24, 2.45) is 0 Å². The molecule has 0 spiro atoms. The summed E-state index contributed by atoms with van der Waals surface area (Å²) in [6.07, 6.45) is 1.14. The van der Waals surface area contributed by atoms with E-state index in [1.54, 1.807) is 6.92 Å². The summed E-state index contributed by atoms with van der Waals surface area (Å²) in [5.74, 6) is -1.15. The van der Waals surface area contributed by atoms with Crippen LogP contribution in [0, 0.1) is 0 Å². The topological polar surface area (TPSA) is 63.6 Å². The normalized spacial score (nSPS) is 12.1. The fraction of sp³-hybridized carbons (Fsp3) is 0.778. The number of carbonyl (C=O) groups is 2. The largest absolute Gasteiger partial charge is 0.481 e. The summed E-state index contributed by atoms with van der Waals surface area (Å²) < 4.78 is 4.70. The summed E-state index contributed by atoms with van der Waals surface area (Å²) in [7, 11) is 0. The number of hydrogen-bond donors (Lipinski definition) is 1. The van der Waals surface area contributed by atoms with E-state index in [0.29, 0.717) is 19.4 Å². The molecule has 0 amide bonds. The molecule has 0 aliphatic heterocycles. The Bertz CT molecular complexity index is 193. The molecule has 0 saturated carbocycles. The minimum atomic E-state index is -0.869. The van der Waals surface area contributed by atoms with Crippen molar-refractivity contribution < 1.29 is 19.4 Å².